The number of nitrogens with zero attached hydrogens (tertiary/aromatic N) is 2. The zero-order valence-electron chi connectivity index (χ0n) is 14.4. The molecule has 0 atom stereocenters. The molecule has 0 spiro atoms. The summed E-state index contributed by atoms with van der Waals surface area (Å²) in [4.78, 5) is 29.0. The Kier molecular flexibility index (Phi) is 4.97. The van der Waals surface area contributed by atoms with Gasteiger partial charge in [0.15, 0.2) is 0 Å². The van der Waals surface area contributed by atoms with Crippen molar-refractivity contribution in [2.45, 2.75) is 58.5 Å². The van der Waals surface area contributed by atoms with Crippen LogP contribution >= 0.6 is 0 Å². The Hall–Kier alpha value is -2.17. The molecule has 1 aliphatic rings. The molecule has 1 amide bonds. The summed E-state index contributed by atoms with van der Waals surface area (Å²) in [7, 11) is 0. The van der Waals surface area contributed by atoms with Gasteiger partial charge in [-0.3, -0.25) is 14.2 Å². The zero-order valence-corrected chi connectivity index (χ0v) is 14.4. The molecule has 2 aromatic rings. The lowest BCUT2D eigenvalue weighted by Crippen LogP contribution is -2.38. The third-order valence-electron chi connectivity index (χ3n) is 5.02. The molecule has 3 rings (SSSR count). The van der Waals surface area contributed by atoms with E-state index >= 15 is 0 Å². The maximum absolute atomic E-state index is 12.5. The fourth-order valence-electron chi connectivity index (χ4n) is 3.42. The number of amides is 1. The van der Waals surface area contributed by atoms with Crippen LogP contribution in [0.4, 0.5) is 0 Å². The number of aryl methyl sites for hydroxylation is 2. The first-order valence-corrected chi connectivity index (χ1v) is 8.78. The van der Waals surface area contributed by atoms with E-state index in [1.54, 1.807) is 12.4 Å². The molecule has 0 saturated heterocycles. The van der Waals surface area contributed by atoms with Gasteiger partial charge >= 0.3 is 0 Å². The van der Waals surface area contributed by atoms with Crippen molar-refractivity contribution in [3.63, 3.8) is 0 Å². The SMILES string of the molecule is Cc1cccc2c(=O)n(CCC(=O)NC3CCC(C)CC3)cnc12. The van der Waals surface area contributed by atoms with Crippen LogP contribution in [0.2, 0.25) is 0 Å². The standard InChI is InChI=1S/C19H25N3O2/c1-13-6-8-15(9-7-13)21-17(23)10-11-22-12-20-18-14(2)4-3-5-16(18)19(22)24/h3-5,12-13,15H,6-11H2,1-2H3,(H,21,23). The van der Waals surface area contributed by atoms with Gasteiger partial charge in [-0.05, 0) is 50.2 Å². The van der Waals surface area contributed by atoms with Crippen molar-refractivity contribution in [1.29, 1.82) is 0 Å². The van der Waals surface area contributed by atoms with Gasteiger partial charge in [0, 0.05) is 19.0 Å². The average Bonchev–Trinajstić information content (AvgIpc) is 2.57. The number of carbonyl (C=O) groups excluding carboxylic acids is 1. The molecule has 128 valence electrons. The monoisotopic (exact) mass is 327 g/mol. The summed E-state index contributed by atoms with van der Waals surface area (Å²) in [5.41, 5.74) is 1.64. The third kappa shape index (κ3) is 3.66. The van der Waals surface area contributed by atoms with Crippen LogP contribution in [-0.4, -0.2) is 21.5 Å². The molecule has 1 heterocycles. The van der Waals surface area contributed by atoms with E-state index in [4.69, 9.17) is 0 Å². The lowest BCUT2D eigenvalue weighted by molar-refractivity contribution is -0.122. The highest BCUT2D eigenvalue weighted by Crippen LogP contribution is 2.23. The van der Waals surface area contributed by atoms with Crippen molar-refractivity contribution in [2.75, 3.05) is 0 Å². The summed E-state index contributed by atoms with van der Waals surface area (Å²) >= 11 is 0. The van der Waals surface area contributed by atoms with E-state index in [1.165, 1.54) is 17.4 Å². The van der Waals surface area contributed by atoms with Gasteiger partial charge in [-0.2, -0.15) is 0 Å². The number of benzene rings is 1. The van der Waals surface area contributed by atoms with E-state index in [1.807, 2.05) is 19.1 Å². The van der Waals surface area contributed by atoms with Gasteiger partial charge in [0.05, 0.1) is 17.2 Å². The highest BCUT2D eigenvalue weighted by Gasteiger charge is 2.19. The highest BCUT2D eigenvalue weighted by atomic mass is 16.2. The predicted octanol–water partition coefficient (Wildman–Crippen LogP) is 2.79. The first-order chi connectivity index (χ1) is 11.5. The van der Waals surface area contributed by atoms with Crippen LogP contribution in [0.25, 0.3) is 10.9 Å². The van der Waals surface area contributed by atoms with Crippen LogP contribution in [-0.2, 0) is 11.3 Å². The number of aromatic nitrogens is 2. The van der Waals surface area contributed by atoms with E-state index in [9.17, 15) is 9.59 Å². The average molecular weight is 327 g/mol. The second kappa shape index (κ2) is 7.16. The topological polar surface area (TPSA) is 64.0 Å². The largest absolute Gasteiger partial charge is 0.353 e. The number of nitrogens with one attached hydrogen (secondary N) is 1. The quantitative estimate of drug-likeness (QED) is 0.939. The molecule has 0 radical (unpaired) electrons. The van der Waals surface area contributed by atoms with Crippen molar-refractivity contribution in [1.82, 2.24) is 14.9 Å². The van der Waals surface area contributed by atoms with Crippen LogP contribution in [0.15, 0.2) is 29.3 Å². The maximum Gasteiger partial charge on any atom is 0.261 e. The second-order valence-corrected chi connectivity index (χ2v) is 6.99. The zero-order chi connectivity index (χ0) is 17.1. The molecule has 1 saturated carbocycles. The van der Waals surface area contributed by atoms with Crippen molar-refractivity contribution < 1.29 is 4.79 Å². The molecule has 1 fully saturated rings. The predicted molar refractivity (Wildman–Crippen MR) is 94.9 cm³/mol. The van der Waals surface area contributed by atoms with Gasteiger partial charge in [-0.15, -0.1) is 0 Å². The van der Waals surface area contributed by atoms with E-state index < -0.39 is 0 Å². The molecule has 5 heteroatoms. The lowest BCUT2D eigenvalue weighted by Gasteiger charge is -2.26. The van der Waals surface area contributed by atoms with Gasteiger partial charge in [0.1, 0.15) is 0 Å². The van der Waals surface area contributed by atoms with Gasteiger partial charge < -0.3 is 5.32 Å². The van der Waals surface area contributed by atoms with E-state index in [-0.39, 0.29) is 11.5 Å². The van der Waals surface area contributed by atoms with Crippen LogP contribution in [0.5, 0.6) is 0 Å². The Bertz CT molecular complexity index is 789. The van der Waals surface area contributed by atoms with Crippen molar-refractivity contribution >= 4 is 16.8 Å². The molecule has 1 N–H and O–H groups in total. The Morgan fingerprint density at radius 1 is 1.29 bits per heavy atom. The van der Waals surface area contributed by atoms with Gasteiger partial charge in [-0.1, -0.05) is 19.1 Å². The minimum absolute atomic E-state index is 0.0193. The van der Waals surface area contributed by atoms with Crippen LogP contribution in [0.1, 0.15) is 44.6 Å². The fraction of sp³-hybridized carbons (Fsp3) is 0.526. The first-order valence-electron chi connectivity index (χ1n) is 8.78. The van der Waals surface area contributed by atoms with E-state index in [0.29, 0.717) is 24.4 Å². The first kappa shape index (κ1) is 16.7. The van der Waals surface area contributed by atoms with Gasteiger partial charge in [-0.25, -0.2) is 4.98 Å². The third-order valence-corrected chi connectivity index (χ3v) is 5.02. The molecule has 1 aromatic heterocycles. The fourth-order valence-corrected chi connectivity index (χ4v) is 3.42. The van der Waals surface area contributed by atoms with E-state index in [2.05, 4.69) is 17.2 Å². The lowest BCUT2D eigenvalue weighted by atomic mass is 9.87. The molecular formula is C19H25N3O2. The summed E-state index contributed by atoms with van der Waals surface area (Å²) < 4.78 is 1.53. The number of para-hydroxylation sites is 1. The normalized spacial score (nSPS) is 20.9. The molecule has 24 heavy (non-hydrogen) atoms. The minimum atomic E-state index is -0.0806. The summed E-state index contributed by atoms with van der Waals surface area (Å²) in [6, 6.07) is 5.89. The minimum Gasteiger partial charge on any atom is -0.353 e. The summed E-state index contributed by atoms with van der Waals surface area (Å²) in [5, 5.41) is 3.71. The molecule has 5 nitrogen and oxygen atoms in total. The van der Waals surface area contributed by atoms with E-state index in [0.717, 1.165) is 29.8 Å². The van der Waals surface area contributed by atoms with Crippen LogP contribution < -0.4 is 10.9 Å². The Morgan fingerprint density at radius 2 is 2.04 bits per heavy atom. The Balaban J connectivity index is 1.62. The van der Waals surface area contributed by atoms with Crippen molar-refractivity contribution in [3.8, 4) is 0 Å². The molecule has 1 aromatic carbocycles. The highest BCUT2D eigenvalue weighted by molar-refractivity contribution is 5.80. The number of hydrogen-bond acceptors (Lipinski definition) is 3. The Labute approximate surface area is 142 Å². The molecule has 0 unspecified atom stereocenters. The Morgan fingerprint density at radius 3 is 2.79 bits per heavy atom. The van der Waals surface area contributed by atoms with Crippen molar-refractivity contribution in [2.24, 2.45) is 5.92 Å². The number of rotatable bonds is 4. The molecule has 0 bridgehead atoms. The summed E-state index contributed by atoms with van der Waals surface area (Å²) in [6.07, 6.45) is 6.34. The number of hydrogen-bond donors (Lipinski definition) is 1. The van der Waals surface area contributed by atoms with Crippen LogP contribution in [0.3, 0.4) is 0 Å². The number of carbonyl (C=O) groups is 1. The summed E-state index contributed by atoms with van der Waals surface area (Å²) in [5.74, 6) is 0.787. The van der Waals surface area contributed by atoms with Gasteiger partial charge in [0.2, 0.25) is 5.91 Å². The number of fused-ring (bicyclic) bond motifs is 1. The second-order valence-electron chi connectivity index (χ2n) is 6.99. The van der Waals surface area contributed by atoms with Gasteiger partial charge in [0.25, 0.3) is 5.56 Å². The maximum atomic E-state index is 12.5. The summed E-state index contributed by atoms with van der Waals surface area (Å²) in [6.45, 7) is 4.57. The molecular weight excluding hydrogens is 302 g/mol. The molecule has 0 aliphatic heterocycles. The smallest absolute Gasteiger partial charge is 0.261 e. The van der Waals surface area contributed by atoms with Crippen molar-refractivity contribution in [3.05, 3.63) is 40.4 Å². The van der Waals surface area contributed by atoms with Crippen LogP contribution in [0, 0.1) is 12.8 Å². The molecule has 1 aliphatic carbocycles.